The number of rotatable bonds is 3. The first-order valence-electron chi connectivity index (χ1n) is 3.93. The van der Waals surface area contributed by atoms with Gasteiger partial charge in [0.05, 0.1) is 0 Å². The number of carbonyl (C=O) groups is 1. The first-order valence-corrected chi connectivity index (χ1v) is 4.68. The first kappa shape index (κ1) is 14.5. The molecule has 0 aliphatic carbocycles. The molecule has 0 aromatic heterocycles. The van der Waals surface area contributed by atoms with Crippen molar-refractivity contribution in [3.8, 4) is 0 Å². The summed E-state index contributed by atoms with van der Waals surface area (Å²) in [5, 5.41) is 9.60. The summed E-state index contributed by atoms with van der Waals surface area (Å²) in [5.74, 6) is -1.05. The van der Waals surface area contributed by atoms with Gasteiger partial charge in [-0.1, -0.05) is 23.2 Å². The smallest absolute Gasteiger partial charge is 0.320 e. The van der Waals surface area contributed by atoms with E-state index < -0.39 is 12.0 Å². The summed E-state index contributed by atoms with van der Waals surface area (Å²) < 4.78 is 0. The van der Waals surface area contributed by atoms with E-state index in [9.17, 15) is 4.79 Å². The van der Waals surface area contributed by atoms with E-state index in [4.69, 9.17) is 34.0 Å². The third kappa shape index (κ3) is 4.26. The topological polar surface area (TPSA) is 63.3 Å². The van der Waals surface area contributed by atoms with Crippen molar-refractivity contribution < 1.29 is 9.90 Å². The monoisotopic (exact) mass is 269 g/mol. The molecule has 0 aliphatic rings. The van der Waals surface area contributed by atoms with E-state index in [0.29, 0.717) is 15.6 Å². The Morgan fingerprint density at radius 2 is 2.07 bits per heavy atom. The molecule has 0 unspecified atom stereocenters. The third-order valence-corrected chi connectivity index (χ3v) is 2.37. The summed E-state index contributed by atoms with van der Waals surface area (Å²) in [6.45, 7) is 0. The minimum atomic E-state index is -1.05. The Balaban J connectivity index is 0.00000196. The van der Waals surface area contributed by atoms with Gasteiger partial charge in [0.2, 0.25) is 0 Å². The zero-order chi connectivity index (χ0) is 10.7. The van der Waals surface area contributed by atoms with E-state index >= 15 is 0 Å². The average molecular weight is 271 g/mol. The fourth-order valence-electron chi connectivity index (χ4n) is 1.02. The number of benzene rings is 1. The van der Waals surface area contributed by atoms with Crippen LogP contribution in [0.1, 0.15) is 5.56 Å². The van der Waals surface area contributed by atoms with Gasteiger partial charge in [0.25, 0.3) is 0 Å². The Bertz CT molecular complexity index is 357. The molecule has 1 atom stereocenters. The quantitative estimate of drug-likeness (QED) is 0.886. The van der Waals surface area contributed by atoms with Crippen molar-refractivity contribution in [2.75, 3.05) is 0 Å². The van der Waals surface area contributed by atoms with Crippen molar-refractivity contribution in [1.29, 1.82) is 0 Å². The highest BCUT2D eigenvalue weighted by atomic mass is 35.5. The standard InChI is InChI=1S/C9H9Cl2NO2.ClH/c10-6-1-2-7(11)5(3-6)4-8(12)9(13)14;/h1-3,8H,4,12H2,(H,13,14);1H/t8-;/m0./s1. The van der Waals surface area contributed by atoms with Gasteiger partial charge >= 0.3 is 5.97 Å². The summed E-state index contributed by atoms with van der Waals surface area (Å²) in [5.41, 5.74) is 6.01. The van der Waals surface area contributed by atoms with Crippen LogP contribution in [0.25, 0.3) is 0 Å². The second kappa shape index (κ2) is 6.18. The van der Waals surface area contributed by atoms with E-state index in [-0.39, 0.29) is 18.8 Å². The van der Waals surface area contributed by atoms with Crippen LogP contribution in [-0.2, 0) is 11.2 Å². The Hall–Kier alpha value is -0.480. The fraction of sp³-hybridized carbons (Fsp3) is 0.222. The summed E-state index contributed by atoms with van der Waals surface area (Å²) >= 11 is 11.6. The first-order chi connectivity index (χ1) is 6.50. The van der Waals surface area contributed by atoms with Crippen LogP contribution in [0.2, 0.25) is 10.0 Å². The second-order valence-electron chi connectivity index (χ2n) is 2.88. The average Bonchev–Trinajstić information content (AvgIpc) is 2.11. The predicted octanol–water partition coefficient (Wildman–Crippen LogP) is 2.37. The number of aliphatic carboxylic acids is 1. The molecule has 3 nitrogen and oxygen atoms in total. The molecule has 0 aliphatic heterocycles. The lowest BCUT2D eigenvalue weighted by Gasteiger charge is -2.08. The number of carboxylic acid groups (broad SMARTS) is 1. The molecule has 0 heterocycles. The molecule has 1 aromatic rings. The van der Waals surface area contributed by atoms with Gasteiger partial charge in [-0.05, 0) is 30.2 Å². The van der Waals surface area contributed by atoms with Crippen molar-refractivity contribution in [2.45, 2.75) is 12.5 Å². The van der Waals surface area contributed by atoms with Crippen molar-refractivity contribution in [3.63, 3.8) is 0 Å². The lowest BCUT2D eigenvalue weighted by Crippen LogP contribution is -2.32. The molecule has 0 spiro atoms. The molecule has 0 saturated carbocycles. The molecule has 0 saturated heterocycles. The zero-order valence-corrected chi connectivity index (χ0v) is 9.94. The minimum absolute atomic E-state index is 0. The molecular weight excluding hydrogens is 260 g/mol. The van der Waals surface area contributed by atoms with E-state index in [1.807, 2.05) is 0 Å². The molecule has 1 rings (SSSR count). The SMILES string of the molecule is Cl.N[C@@H](Cc1cc(Cl)ccc1Cl)C(=O)O. The van der Waals surface area contributed by atoms with Crippen LogP contribution in [0.15, 0.2) is 18.2 Å². The number of nitrogens with two attached hydrogens (primary N) is 1. The number of hydrogen-bond acceptors (Lipinski definition) is 2. The Kier molecular flexibility index (Phi) is 5.98. The normalized spacial score (nSPS) is 11.7. The van der Waals surface area contributed by atoms with Crippen molar-refractivity contribution in [2.24, 2.45) is 5.73 Å². The van der Waals surface area contributed by atoms with Gasteiger partial charge in [-0.3, -0.25) is 4.79 Å². The molecule has 1 aromatic carbocycles. The lowest BCUT2D eigenvalue weighted by atomic mass is 10.1. The van der Waals surface area contributed by atoms with Gasteiger partial charge < -0.3 is 10.8 Å². The zero-order valence-electron chi connectivity index (χ0n) is 7.61. The highest BCUT2D eigenvalue weighted by Gasteiger charge is 2.14. The molecule has 6 heteroatoms. The van der Waals surface area contributed by atoms with Crippen LogP contribution in [0, 0.1) is 0 Å². The second-order valence-corrected chi connectivity index (χ2v) is 3.73. The van der Waals surface area contributed by atoms with Gasteiger partial charge in [0, 0.05) is 10.0 Å². The van der Waals surface area contributed by atoms with E-state index in [2.05, 4.69) is 0 Å². The largest absolute Gasteiger partial charge is 0.480 e. The van der Waals surface area contributed by atoms with Gasteiger partial charge in [-0.25, -0.2) is 0 Å². The Labute approximate surface area is 104 Å². The van der Waals surface area contributed by atoms with E-state index in [1.54, 1.807) is 18.2 Å². The molecular formula is C9H10Cl3NO2. The molecule has 0 bridgehead atoms. The van der Waals surface area contributed by atoms with Crippen molar-refractivity contribution in [3.05, 3.63) is 33.8 Å². The van der Waals surface area contributed by atoms with Crippen molar-refractivity contribution >= 4 is 41.6 Å². The molecule has 3 N–H and O–H groups in total. The molecule has 84 valence electrons. The third-order valence-electron chi connectivity index (χ3n) is 1.76. The van der Waals surface area contributed by atoms with Crippen LogP contribution in [0.4, 0.5) is 0 Å². The summed E-state index contributed by atoms with van der Waals surface area (Å²) in [6.07, 6.45) is 0.175. The fourth-order valence-corrected chi connectivity index (χ4v) is 1.41. The Morgan fingerprint density at radius 1 is 1.47 bits per heavy atom. The summed E-state index contributed by atoms with van der Waals surface area (Å²) in [4.78, 5) is 10.5. The van der Waals surface area contributed by atoms with Gasteiger partial charge in [0.15, 0.2) is 0 Å². The molecule has 15 heavy (non-hydrogen) atoms. The van der Waals surface area contributed by atoms with Crippen LogP contribution in [-0.4, -0.2) is 17.1 Å². The van der Waals surface area contributed by atoms with Crippen LogP contribution in [0.3, 0.4) is 0 Å². The summed E-state index contributed by atoms with van der Waals surface area (Å²) in [7, 11) is 0. The number of carboxylic acids is 1. The van der Waals surface area contributed by atoms with Gasteiger partial charge in [-0.15, -0.1) is 12.4 Å². The lowest BCUT2D eigenvalue weighted by molar-refractivity contribution is -0.138. The maximum Gasteiger partial charge on any atom is 0.320 e. The van der Waals surface area contributed by atoms with Gasteiger partial charge in [0.1, 0.15) is 6.04 Å². The van der Waals surface area contributed by atoms with Crippen molar-refractivity contribution in [1.82, 2.24) is 0 Å². The number of halogens is 3. The van der Waals surface area contributed by atoms with E-state index in [1.165, 1.54) is 0 Å². The van der Waals surface area contributed by atoms with E-state index in [0.717, 1.165) is 0 Å². The molecule has 0 amide bonds. The maximum atomic E-state index is 10.5. The predicted molar refractivity (Wildman–Crippen MR) is 63.0 cm³/mol. The minimum Gasteiger partial charge on any atom is -0.480 e. The van der Waals surface area contributed by atoms with Crippen LogP contribution in [0.5, 0.6) is 0 Å². The van der Waals surface area contributed by atoms with Crippen LogP contribution < -0.4 is 5.73 Å². The molecule has 0 radical (unpaired) electrons. The summed E-state index contributed by atoms with van der Waals surface area (Å²) in [6, 6.07) is 3.92. The highest BCUT2D eigenvalue weighted by molar-refractivity contribution is 6.33. The Morgan fingerprint density at radius 3 is 2.60 bits per heavy atom. The van der Waals surface area contributed by atoms with Gasteiger partial charge in [-0.2, -0.15) is 0 Å². The maximum absolute atomic E-state index is 10.5. The molecule has 0 fully saturated rings. The number of hydrogen-bond donors (Lipinski definition) is 2. The highest BCUT2D eigenvalue weighted by Crippen LogP contribution is 2.21. The van der Waals surface area contributed by atoms with Crippen LogP contribution >= 0.6 is 35.6 Å².